The van der Waals surface area contributed by atoms with Gasteiger partial charge in [0.05, 0.1) is 11.0 Å². The molecule has 0 N–H and O–H groups in total. The van der Waals surface area contributed by atoms with E-state index in [0.29, 0.717) is 16.1 Å². The van der Waals surface area contributed by atoms with Crippen LogP contribution in [0.25, 0.3) is 27.6 Å². The highest BCUT2D eigenvalue weighted by molar-refractivity contribution is 6.32. The molecule has 0 radical (unpaired) electrons. The van der Waals surface area contributed by atoms with Gasteiger partial charge in [-0.1, -0.05) is 29.8 Å². The van der Waals surface area contributed by atoms with E-state index in [9.17, 15) is 4.79 Å². The monoisotopic (exact) mass is 343 g/mol. The Morgan fingerprint density at radius 3 is 2.52 bits per heavy atom. The molecule has 0 aliphatic heterocycles. The van der Waals surface area contributed by atoms with E-state index in [1.54, 1.807) is 28.3 Å². The Balaban J connectivity index is 2.31. The summed E-state index contributed by atoms with van der Waals surface area (Å²) in [7, 11) is 1.79. The highest BCUT2D eigenvalue weighted by Gasteiger charge is 2.18. The fraction of sp³-hybridized carbons (Fsp3) is 0.0588. The summed E-state index contributed by atoms with van der Waals surface area (Å²) in [6.07, 6.45) is 0. The summed E-state index contributed by atoms with van der Waals surface area (Å²) in [4.78, 5) is 17.2. The van der Waals surface area contributed by atoms with Crippen LogP contribution in [0.3, 0.4) is 0 Å². The van der Waals surface area contributed by atoms with Crippen LogP contribution in [0.15, 0.2) is 53.3 Å². The third-order valence-electron chi connectivity index (χ3n) is 3.92. The summed E-state index contributed by atoms with van der Waals surface area (Å²) in [5, 5.41) is 1.71. The molecule has 2 heterocycles. The first kappa shape index (κ1) is 14.3. The predicted molar refractivity (Wildman–Crippen MR) is 93.8 cm³/mol. The van der Waals surface area contributed by atoms with Crippen LogP contribution in [0, 0.1) is 0 Å². The van der Waals surface area contributed by atoms with E-state index >= 15 is 0 Å². The number of nitrogens with zero attached hydrogens (tertiary/aromatic N) is 3. The van der Waals surface area contributed by atoms with Gasteiger partial charge in [-0.05, 0) is 41.9 Å². The molecule has 0 saturated carbocycles. The van der Waals surface area contributed by atoms with E-state index in [4.69, 9.17) is 23.2 Å². The average Bonchev–Trinajstić information content (AvgIpc) is 2.85. The third-order valence-corrected chi connectivity index (χ3v) is 4.49. The molecule has 0 bridgehead atoms. The van der Waals surface area contributed by atoms with Crippen molar-refractivity contribution in [1.82, 2.24) is 14.1 Å². The van der Waals surface area contributed by atoms with Gasteiger partial charge in [0, 0.05) is 23.1 Å². The summed E-state index contributed by atoms with van der Waals surface area (Å²) >= 11 is 12.3. The van der Waals surface area contributed by atoms with Crippen LogP contribution >= 0.6 is 23.2 Å². The first-order chi connectivity index (χ1) is 11.1. The smallest absolute Gasteiger partial charge is 0.283 e. The summed E-state index contributed by atoms with van der Waals surface area (Å²) in [6, 6.07) is 14.9. The number of pyridine rings is 1. The van der Waals surface area contributed by atoms with Crippen molar-refractivity contribution >= 4 is 45.1 Å². The maximum Gasteiger partial charge on any atom is 0.283 e. The van der Waals surface area contributed by atoms with Crippen LogP contribution in [-0.2, 0) is 7.05 Å². The summed E-state index contributed by atoms with van der Waals surface area (Å²) in [6.45, 7) is 0. The second-order valence-electron chi connectivity index (χ2n) is 5.27. The maximum atomic E-state index is 13.0. The van der Waals surface area contributed by atoms with Crippen molar-refractivity contribution in [1.29, 1.82) is 0 Å². The Labute approximate surface area is 141 Å². The fourth-order valence-electron chi connectivity index (χ4n) is 2.87. The quantitative estimate of drug-likeness (QED) is 0.520. The van der Waals surface area contributed by atoms with Gasteiger partial charge in [0.25, 0.3) is 5.56 Å². The van der Waals surface area contributed by atoms with Gasteiger partial charge in [-0.2, -0.15) is 0 Å². The van der Waals surface area contributed by atoms with Crippen LogP contribution in [0.5, 0.6) is 0 Å². The summed E-state index contributed by atoms with van der Waals surface area (Å²) in [5.74, 6) is 0. The van der Waals surface area contributed by atoms with E-state index in [1.807, 2.05) is 36.4 Å². The van der Waals surface area contributed by atoms with Gasteiger partial charge in [0.15, 0.2) is 5.52 Å². The number of fused-ring (bicyclic) bond motifs is 3. The van der Waals surface area contributed by atoms with Crippen molar-refractivity contribution in [3.05, 3.63) is 69.2 Å². The van der Waals surface area contributed by atoms with Gasteiger partial charge in [-0.15, -0.1) is 0 Å². The molecule has 0 aliphatic carbocycles. The lowest BCUT2D eigenvalue weighted by Crippen LogP contribution is -2.19. The molecule has 0 amide bonds. The second kappa shape index (κ2) is 5.11. The minimum Gasteiger partial charge on any atom is -0.317 e. The molecule has 4 aromatic rings. The second-order valence-corrected chi connectivity index (χ2v) is 6.05. The highest BCUT2D eigenvalue weighted by atomic mass is 35.5. The number of hydrogen-bond donors (Lipinski definition) is 0. The lowest BCUT2D eigenvalue weighted by Gasteiger charge is -2.12. The number of hydrogen-bond acceptors (Lipinski definition) is 2. The van der Waals surface area contributed by atoms with E-state index in [-0.39, 0.29) is 10.8 Å². The molecule has 2 aromatic carbocycles. The van der Waals surface area contributed by atoms with Gasteiger partial charge >= 0.3 is 0 Å². The van der Waals surface area contributed by atoms with Gasteiger partial charge in [-0.3, -0.25) is 9.36 Å². The molecule has 6 heteroatoms. The van der Waals surface area contributed by atoms with Gasteiger partial charge in [0.1, 0.15) is 0 Å². The number of para-hydroxylation sites is 1. The molecular formula is C17H11Cl2N3O. The number of imidazole rings is 1. The van der Waals surface area contributed by atoms with Crippen molar-refractivity contribution in [2.75, 3.05) is 0 Å². The standard InChI is InChI=1S/C17H11Cl2N3O/c1-21-15-12-8-7-10(18)9-13(12)22(11-5-3-2-4-6-11)16(23)14(15)20-17(21)19/h2-9H,1H3. The Hall–Kier alpha value is -2.30. The molecule has 2 aromatic heterocycles. The lowest BCUT2D eigenvalue weighted by molar-refractivity contribution is 0.951. The van der Waals surface area contributed by atoms with Crippen molar-refractivity contribution < 1.29 is 0 Å². The zero-order chi connectivity index (χ0) is 16.1. The Bertz CT molecular complexity index is 1110. The van der Waals surface area contributed by atoms with E-state index in [2.05, 4.69) is 4.98 Å². The first-order valence-corrected chi connectivity index (χ1v) is 7.75. The zero-order valence-electron chi connectivity index (χ0n) is 12.1. The fourth-order valence-corrected chi connectivity index (χ4v) is 3.20. The highest BCUT2D eigenvalue weighted by Crippen LogP contribution is 2.28. The minimum atomic E-state index is -0.219. The molecule has 23 heavy (non-hydrogen) atoms. The van der Waals surface area contributed by atoms with Crippen LogP contribution in [-0.4, -0.2) is 14.1 Å². The Morgan fingerprint density at radius 2 is 1.78 bits per heavy atom. The Morgan fingerprint density at radius 1 is 1.04 bits per heavy atom. The largest absolute Gasteiger partial charge is 0.317 e. The number of benzene rings is 2. The molecule has 114 valence electrons. The maximum absolute atomic E-state index is 13.0. The summed E-state index contributed by atoms with van der Waals surface area (Å²) in [5.41, 5.74) is 2.31. The van der Waals surface area contributed by atoms with E-state index in [0.717, 1.165) is 16.6 Å². The third kappa shape index (κ3) is 2.06. The Kier molecular flexibility index (Phi) is 3.18. The van der Waals surface area contributed by atoms with Crippen molar-refractivity contribution in [3.8, 4) is 5.69 Å². The van der Waals surface area contributed by atoms with Gasteiger partial charge in [-0.25, -0.2) is 4.98 Å². The molecule has 0 saturated heterocycles. The topological polar surface area (TPSA) is 39.8 Å². The molecule has 0 fully saturated rings. The summed E-state index contributed by atoms with van der Waals surface area (Å²) < 4.78 is 3.33. The SMILES string of the molecule is Cn1c(Cl)nc2c(=O)n(-c3ccccc3)c3cc(Cl)ccc3c21. The lowest BCUT2D eigenvalue weighted by atomic mass is 10.1. The number of aryl methyl sites for hydroxylation is 1. The molecule has 0 aliphatic rings. The number of aromatic nitrogens is 3. The van der Waals surface area contributed by atoms with E-state index in [1.165, 1.54) is 0 Å². The van der Waals surface area contributed by atoms with Gasteiger partial charge in [0.2, 0.25) is 5.28 Å². The molecule has 4 nitrogen and oxygen atoms in total. The van der Waals surface area contributed by atoms with Crippen molar-refractivity contribution in [3.63, 3.8) is 0 Å². The molecule has 0 spiro atoms. The van der Waals surface area contributed by atoms with Crippen LogP contribution in [0.1, 0.15) is 0 Å². The van der Waals surface area contributed by atoms with Crippen LogP contribution < -0.4 is 5.56 Å². The minimum absolute atomic E-state index is 0.219. The first-order valence-electron chi connectivity index (χ1n) is 6.99. The zero-order valence-corrected chi connectivity index (χ0v) is 13.6. The van der Waals surface area contributed by atoms with Crippen LogP contribution in [0.2, 0.25) is 10.3 Å². The average molecular weight is 344 g/mol. The van der Waals surface area contributed by atoms with Crippen molar-refractivity contribution in [2.45, 2.75) is 0 Å². The van der Waals surface area contributed by atoms with Crippen molar-refractivity contribution in [2.24, 2.45) is 7.05 Å². The predicted octanol–water partition coefficient (Wildman–Crippen LogP) is 4.18. The normalized spacial score (nSPS) is 11.4. The van der Waals surface area contributed by atoms with E-state index < -0.39 is 0 Å². The number of rotatable bonds is 1. The number of halogens is 2. The molecule has 4 rings (SSSR count). The van der Waals surface area contributed by atoms with Gasteiger partial charge < -0.3 is 4.57 Å². The molecular weight excluding hydrogens is 333 g/mol. The van der Waals surface area contributed by atoms with Crippen LogP contribution in [0.4, 0.5) is 0 Å². The molecule has 0 unspecified atom stereocenters. The molecule has 0 atom stereocenters.